The molecule has 4 nitrogen and oxygen atoms in total. The Hall–Kier alpha value is -2.46. The largest absolute Gasteiger partial charge is 0.271 e. The van der Waals surface area contributed by atoms with E-state index in [-0.39, 0.29) is 17.9 Å². The van der Waals surface area contributed by atoms with Crippen LogP contribution in [0.15, 0.2) is 47.6 Å². The maximum atomic E-state index is 13.1. The van der Waals surface area contributed by atoms with Crippen LogP contribution in [0.2, 0.25) is 5.02 Å². The van der Waals surface area contributed by atoms with E-state index in [4.69, 9.17) is 16.6 Å². The fourth-order valence-corrected chi connectivity index (χ4v) is 3.37. The number of aromatic nitrogens is 1. The summed E-state index contributed by atoms with van der Waals surface area (Å²) < 4.78 is 0. The highest BCUT2D eigenvalue weighted by molar-refractivity contribution is 6.43. The standard InChI is InChI=1S/C20H18ClN3O/c1-3-12(2)17-20(25)24-18-14(5-4-10-22-18)11-16(19(24)23-17)13-6-8-15(21)9-7-13/h4-12,17H,3H2,1-2H3. The molecule has 1 aromatic heterocycles. The van der Waals surface area contributed by atoms with Gasteiger partial charge in [0, 0.05) is 22.4 Å². The number of fused-ring (bicyclic) bond motifs is 3. The Bertz CT molecular complexity index is 901. The lowest BCUT2D eigenvalue weighted by atomic mass is 9.97. The summed E-state index contributed by atoms with van der Waals surface area (Å²) in [6.07, 6.45) is 4.66. The van der Waals surface area contributed by atoms with Crippen molar-refractivity contribution in [3.63, 3.8) is 0 Å². The van der Waals surface area contributed by atoms with Gasteiger partial charge in [-0.25, -0.2) is 9.88 Å². The second-order valence-corrected chi connectivity index (χ2v) is 6.87. The molecular weight excluding hydrogens is 334 g/mol. The van der Waals surface area contributed by atoms with Crippen LogP contribution in [0, 0.1) is 5.92 Å². The number of rotatable bonds is 3. The number of amidine groups is 1. The van der Waals surface area contributed by atoms with E-state index in [2.05, 4.69) is 18.8 Å². The molecule has 5 heteroatoms. The lowest BCUT2D eigenvalue weighted by Crippen LogP contribution is -2.39. The molecule has 126 valence electrons. The lowest BCUT2D eigenvalue weighted by molar-refractivity contribution is -0.119. The minimum absolute atomic E-state index is 0.00358. The predicted molar refractivity (Wildman–Crippen MR) is 102 cm³/mol. The highest BCUT2D eigenvalue weighted by Gasteiger charge is 2.42. The van der Waals surface area contributed by atoms with Gasteiger partial charge in [0.1, 0.15) is 17.7 Å². The number of aliphatic imine (C=N–C) groups is 1. The fraction of sp³-hybridized carbons (Fsp3) is 0.250. The topological polar surface area (TPSA) is 45.6 Å². The predicted octanol–water partition coefficient (Wildman–Crippen LogP) is 4.45. The molecule has 2 aromatic rings. The Kier molecular flexibility index (Phi) is 3.92. The molecule has 2 aliphatic rings. The van der Waals surface area contributed by atoms with Crippen LogP contribution >= 0.6 is 11.6 Å². The van der Waals surface area contributed by atoms with E-state index in [9.17, 15) is 4.79 Å². The number of pyridine rings is 1. The van der Waals surface area contributed by atoms with Crippen LogP contribution in [0.4, 0.5) is 5.82 Å². The summed E-state index contributed by atoms with van der Waals surface area (Å²) in [4.78, 5) is 24.0. The molecule has 2 aliphatic heterocycles. The molecule has 1 amide bonds. The van der Waals surface area contributed by atoms with E-state index in [0.29, 0.717) is 16.7 Å². The van der Waals surface area contributed by atoms with Crippen molar-refractivity contribution in [2.75, 3.05) is 4.90 Å². The molecule has 0 saturated carbocycles. The number of carbonyl (C=O) groups is 1. The zero-order chi connectivity index (χ0) is 17.6. The van der Waals surface area contributed by atoms with Crippen molar-refractivity contribution >= 4 is 40.8 Å². The summed E-state index contributed by atoms with van der Waals surface area (Å²) in [6.45, 7) is 4.15. The maximum Gasteiger partial charge on any atom is 0.259 e. The summed E-state index contributed by atoms with van der Waals surface area (Å²) in [7, 11) is 0. The third-order valence-corrected chi connectivity index (χ3v) is 5.11. The first-order valence-corrected chi connectivity index (χ1v) is 8.82. The summed E-state index contributed by atoms with van der Waals surface area (Å²) in [5.74, 6) is 1.53. The van der Waals surface area contributed by atoms with Gasteiger partial charge in [-0.15, -0.1) is 0 Å². The van der Waals surface area contributed by atoms with E-state index in [1.165, 1.54) is 0 Å². The van der Waals surface area contributed by atoms with Crippen LogP contribution < -0.4 is 4.90 Å². The molecular formula is C20H18ClN3O. The molecule has 0 fully saturated rings. The van der Waals surface area contributed by atoms with Gasteiger partial charge in [0.25, 0.3) is 5.91 Å². The second kappa shape index (κ2) is 6.12. The average molecular weight is 352 g/mol. The maximum absolute atomic E-state index is 13.1. The molecule has 0 radical (unpaired) electrons. The Labute approximate surface area is 151 Å². The Balaban J connectivity index is 1.89. The van der Waals surface area contributed by atoms with Gasteiger partial charge in [0.05, 0.1) is 0 Å². The highest BCUT2D eigenvalue weighted by atomic mass is 35.5. The summed E-state index contributed by atoms with van der Waals surface area (Å²) in [5.41, 5.74) is 2.83. The Morgan fingerprint density at radius 3 is 2.72 bits per heavy atom. The van der Waals surface area contributed by atoms with Crippen molar-refractivity contribution in [2.24, 2.45) is 10.9 Å². The van der Waals surface area contributed by atoms with Crippen LogP contribution in [-0.2, 0) is 4.79 Å². The van der Waals surface area contributed by atoms with Gasteiger partial charge in [0.2, 0.25) is 0 Å². The van der Waals surface area contributed by atoms with Gasteiger partial charge in [0.15, 0.2) is 0 Å². The number of amides is 1. The molecule has 25 heavy (non-hydrogen) atoms. The first-order chi connectivity index (χ1) is 12.1. The van der Waals surface area contributed by atoms with Crippen LogP contribution in [0.1, 0.15) is 31.4 Å². The average Bonchev–Trinajstić information content (AvgIpc) is 2.99. The van der Waals surface area contributed by atoms with Crippen LogP contribution in [0.5, 0.6) is 0 Å². The van der Waals surface area contributed by atoms with Gasteiger partial charge in [-0.2, -0.15) is 0 Å². The SMILES string of the molecule is CCC(C)C1N=C2C(c3ccc(Cl)cc3)=Cc3cccnc3N2C1=O. The minimum atomic E-state index is -0.358. The molecule has 1 aromatic carbocycles. The normalized spacial score (nSPS) is 19.9. The molecule has 0 bridgehead atoms. The van der Waals surface area contributed by atoms with E-state index in [1.54, 1.807) is 11.1 Å². The zero-order valence-electron chi connectivity index (χ0n) is 14.1. The summed E-state index contributed by atoms with van der Waals surface area (Å²) in [6, 6.07) is 11.1. The lowest BCUT2D eigenvalue weighted by Gasteiger charge is -2.26. The zero-order valence-corrected chi connectivity index (χ0v) is 14.9. The van der Waals surface area contributed by atoms with Gasteiger partial charge >= 0.3 is 0 Å². The number of hydrogen-bond donors (Lipinski definition) is 0. The number of carbonyl (C=O) groups excluding carboxylic acids is 1. The van der Waals surface area contributed by atoms with E-state index in [1.807, 2.05) is 42.5 Å². The van der Waals surface area contributed by atoms with E-state index in [0.717, 1.165) is 23.1 Å². The first-order valence-electron chi connectivity index (χ1n) is 8.45. The van der Waals surface area contributed by atoms with Crippen LogP contribution in [0.25, 0.3) is 11.6 Å². The smallest absolute Gasteiger partial charge is 0.259 e. The van der Waals surface area contributed by atoms with Gasteiger partial charge in [-0.3, -0.25) is 9.79 Å². The van der Waals surface area contributed by atoms with Gasteiger partial charge in [-0.05, 0) is 41.8 Å². The molecule has 2 atom stereocenters. The highest BCUT2D eigenvalue weighted by Crippen LogP contribution is 2.38. The van der Waals surface area contributed by atoms with Crippen LogP contribution in [-0.4, -0.2) is 22.8 Å². The number of hydrogen-bond acceptors (Lipinski definition) is 3. The monoisotopic (exact) mass is 351 g/mol. The minimum Gasteiger partial charge on any atom is -0.271 e. The number of benzene rings is 1. The van der Waals surface area contributed by atoms with E-state index >= 15 is 0 Å². The molecule has 0 spiro atoms. The molecule has 2 unspecified atom stereocenters. The van der Waals surface area contributed by atoms with Crippen LogP contribution in [0.3, 0.4) is 0 Å². The van der Waals surface area contributed by atoms with Crippen molar-refractivity contribution in [3.05, 3.63) is 58.7 Å². The third kappa shape index (κ3) is 2.57. The quantitative estimate of drug-likeness (QED) is 0.820. The number of nitrogens with zero attached hydrogens (tertiary/aromatic N) is 3. The molecule has 3 heterocycles. The van der Waals surface area contributed by atoms with Crippen molar-refractivity contribution < 1.29 is 4.79 Å². The molecule has 0 saturated heterocycles. The Morgan fingerprint density at radius 1 is 1.24 bits per heavy atom. The van der Waals surface area contributed by atoms with Gasteiger partial charge < -0.3 is 0 Å². The number of anilines is 1. The fourth-order valence-electron chi connectivity index (χ4n) is 3.24. The molecule has 0 N–H and O–H groups in total. The second-order valence-electron chi connectivity index (χ2n) is 6.44. The van der Waals surface area contributed by atoms with Gasteiger partial charge in [-0.1, -0.05) is 44.0 Å². The molecule has 4 rings (SSSR count). The number of halogens is 1. The van der Waals surface area contributed by atoms with Crippen molar-refractivity contribution in [2.45, 2.75) is 26.3 Å². The summed E-state index contributed by atoms with van der Waals surface area (Å²) >= 11 is 6.03. The van der Waals surface area contributed by atoms with Crippen molar-refractivity contribution in [3.8, 4) is 0 Å². The van der Waals surface area contributed by atoms with Crippen molar-refractivity contribution in [1.29, 1.82) is 0 Å². The molecule has 0 aliphatic carbocycles. The van der Waals surface area contributed by atoms with Crippen molar-refractivity contribution in [1.82, 2.24) is 4.98 Å². The Morgan fingerprint density at radius 2 is 2.00 bits per heavy atom. The van der Waals surface area contributed by atoms with E-state index < -0.39 is 0 Å². The summed E-state index contributed by atoms with van der Waals surface area (Å²) in [5, 5.41) is 0.681. The third-order valence-electron chi connectivity index (χ3n) is 4.85. The first kappa shape index (κ1) is 16.0.